The molecule has 0 atom stereocenters. The first-order chi connectivity index (χ1) is 13.9. The average Bonchev–Trinajstić information content (AvgIpc) is 3.53. The van der Waals surface area contributed by atoms with Crippen LogP contribution in [-0.2, 0) is 10.0 Å². The zero-order chi connectivity index (χ0) is 20.4. The van der Waals surface area contributed by atoms with E-state index in [1.165, 1.54) is 30.7 Å². The van der Waals surface area contributed by atoms with Crippen LogP contribution in [0.5, 0.6) is 0 Å². The fourth-order valence-corrected chi connectivity index (χ4v) is 4.80. The van der Waals surface area contributed by atoms with Gasteiger partial charge >= 0.3 is 0 Å². The molecule has 0 aromatic heterocycles. The average molecular weight is 414 g/mol. The first kappa shape index (κ1) is 19.9. The maximum absolute atomic E-state index is 12.5. The van der Waals surface area contributed by atoms with Crippen LogP contribution in [0.25, 0.3) is 0 Å². The van der Waals surface area contributed by atoms with Gasteiger partial charge in [0.1, 0.15) is 0 Å². The number of nitrogens with one attached hydrogen (secondary N) is 2. The Kier molecular flexibility index (Phi) is 5.61. The number of nitrogens with zero attached hydrogens (tertiary/aromatic N) is 1. The van der Waals surface area contributed by atoms with E-state index in [1.54, 1.807) is 12.1 Å². The van der Waals surface area contributed by atoms with E-state index in [9.17, 15) is 13.2 Å². The highest BCUT2D eigenvalue weighted by molar-refractivity contribution is 7.89. The molecule has 2 aromatic carbocycles. The van der Waals surface area contributed by atoms with Crippen molar-refractivity contribution in [2.24, 2.45) is 5.92 Å². The maximum Gasteiger partial charge on any atom is 0.255 e. The molecule has 6 nitrogen and oxygen atoms in total. The van der Waals surface area contributed by atoms with Crippen molar-refractivity contribution in [1.82, 2.24) is 4.72 Å². The zero-order valence-corrected chi connectivity index (χ0v) is 17.4. The van der Waals surface area contributed by atoms with Gasteiger partial charge in [-0.25, -0.2) is 13.1 Å². The number of carbonyl (C=O) groups excluding carboxylic acids is 1. The Bertz CT molecular complexity index is 959. The molecule has 0 radical (unpaired) electrons. The van der Waals surface area contributed by atoms with Gasteiger partial charge in [-0.3, -0.25) is 4.79 Å². The summed E-state index contributed by atoms with van der Waals surface area (Å²) in [4.78, 5) is 15.1. The smallest absolute Gasteiger partial charge is 0.255 e. The molecule has 1 saturated carbocycles. The lowest BCUT2D eigenvalue weighted by molar-refractivity contribution is 0.102. The van der Waals surface area contributed by atoms with Crippen LogP contribution >= 0.6 is 0 Å². The predicted octanol–water partition coefficient (Wildman–Crippen LogP) is 3.62. The van der Waals surface area contributed by atoms with Crippen molar-refractivity contribution in [3.63, 3.8) is 0 Å². The Labute approximate surface area is 172 Å². The summed E-state index contributed by atoms with van der Waals surface area (Å²) in [6, 6.07) is 14.0. The van der Waals surface area contributed by atoms with Gasteiger partial charge in [0.15, 0.2) is 0 Å². The third-order valence-corrected chi connectivity index (χ3v) is 7.14. The lowest BCUT2D eigenvalue weighted by atomic mass is 9.99. The van der Waals surface area contributed by atoms with E-state index < -0.39 is 10.0 Å². The number of amides is 1. The van der Waals surface area contributed by atoms with E-state index in [0.29, 0.717) is 5.56 Å². The lowest BCUT2D eigenvalue weighted by Gasteiger charge is -2.32. The number of carbonyl (C=O) groups is 1. The van der Waals surface area contributed by atoms with Crippen molar-refractivity contribution in [2.45, 2.75) is 43.5 Å². The summed E-state index contributed by atoms with van der Waals surface area (Å²) in [6.45, 7) is 4.43. The fraction of sp³-hybridized carbons (Fsp3) is 0.409. The number of anilines is 2. The molecular formula is C22H27N3O3S. The molecule has 2 N–H and O–H groups in total. The summed E-state index contributed by atoms with van der Waals surface area (Å²) >= 11 is 0. The highest BCUT2D eigenvalue weighted by Crippen LogP contribution is 2.25. The van der Waals surface area contributed by atoms with Crippen LogP contribution in [0.4, 0.5) is 11.4 Å². The van der Waals surface area contributed by atoms with Gasteiger partial charge in [-0.1, -0.05) is 6.92 Å². The monoisotopic (exact) mass is 413 g/mol. The van der Waals surface area contributed by atoms with Crippen LogP contribution in [0.3, 0.4) is 0 Å². The van der Waals surface area contributed by atoms with Gasteiger partial charge in [0, 0.05) is 36.1 Å². The molecule has 29 heavy (non-hydrogen) atoms. The summed E-state index contributed by atoms with van der Waals surface area (Å²) in [5, 5.41) is 2.87. The second-order valence-electron chi connectivity index (χ2n) is 8.09. The standard InChI is InChI=1S/C22H27N3O3S/c1-16-12-14-25(15-13-16)20-8-6-18(7-9-20)23-22(26)17-2-10-21(11-3-17)29(27,28)24-19-4-5-19/h2-3,6-11,16,19,24H,4-5,12-15H2,1H3,(H,23,26). The van der Waals surface area contributed by atoms with Gasteiger partial charge in [0.05, 0.1) is 4.90 Å². The number of benzene rings is 2. The van der Waals surface area contributed by atoms with Gasteiger partial charge in [0.2, 0.25) is 10.0 Å². The summed E-state index contributed by atoms with van der Waals surface area (Å²) < 4.78 is 27.1. The van der Waals surface area contributed by atoms with E-state index >= 15 is 0 Å². The molecule has 4 rings (SSSR count). The van der Waals surface area contributed by atoms with Crippen LogP contribution in [0.2, 0.25) is 0 Å². The summed E-state index contributed by atoms with van der Waals surface area (Å²) in [6.07, 6.45) is 4.19. The lowest BCUT2D eigenvalue weighted by Crippen LogP contribution is -2.32. The van der Waals surface area contributed by atoms with Crippen LogP contribution in [0.1, 0.15) is 43.0 Å². The van der Waals surface area contributed by atoms with Gasteiger partial charge in [0.25, 0.3) is 5.91 Å². The van der Waals surface area contributed by atoms with Crippen LogP contribution in [0, 0.1) is 5.92 Å². The highest BCUT2D eigenvalue weighted by Gasteiger charge is 2.28. The second-order valence-corrected chi connectivity index (χ2v) is 9.80. The Balaban J connectivity index is 1.37. The Morgan fingerprint density at radius 1 is 0.931 bits per heavy atom. The first-order valence-electron chi connectivity index (χ1n) is 10.2. The highest BCUT2D eigenvalue weighted by atomic mass is 32.2. The minimum atomic E-state index is -3.50. The van der Waals surface area contributed by atoms with Gasteiger partial charge in [-0.05, 0) is 80.1 Å². The van der Waals surface area contributed by atoms with Gasteiger partial charge in [-0.15, -0.1) is 0 Å². The predicted molar refractivity (Wildman–Crippen MR) is 115 cm³/mol. The molecule has 1 saturated heterocycles. The molecule has 1 amide bonds. The molecule has 2 fully saturated rings. The number of sulfonamides is 1. The van der Waals surface area contributed by atoms with Crippen molar-refractivity contribution < 1.29 is 13.2 Å². The normalized spacial score (nSPS) is 17.9. The molecule has 154 valence electrons. The van der Waals surface area contributed by atoms with E-state index in [1.807, 2.05) is 24.3 Å². The number of rotatable bonds is 6. The molecule has 2 aliphatic rings. The number of hydrogen-bond acceptors (Lipinski definition) is 4. The zero-order valence-electron chi connectivity index (χ0n) is 16.6. The van der Waals surface area contributed by atoms with Crippen LogP contribution in [-0.4, -0.2) is 33.5 Å². The van der Waals surface area contributed by atoms with E-state index in [-0.39, 0.29) is 16.8 Å². The number of hydrogen-bond donors (Lipinski definition) is 2. The minimum absolute atomic E-state index is 0.0549. The third-order valence-electron chi connectivity index (χ3n) is 5.60. The first-order valence-corrected chi connectivity index (χ1v) is 11.7. The molecule has 1 aliphatic carbocycles. The van der Waals surface area contributed by atoms with E-state index in [4.69, 9.17) is 0 Å². The van der Waals surface area contributed by atoms with Gasteiger partial charge < -0.3 is 10.2 Å². The minimum Gasteiger partial charge on any atom is -0.372 e. The molecule has 1 aliphatic heterocycles. The molecule has 2 aromatic rings. The Morgan fingerprint density at radius 3 is 2.14 bits per heavy atom. The Morgan fingerprint density at radius 2 is 1.55 bits per heavy atom. The second kappa shape index (κ2) is 8.16. The molecule has 0 unspecified atom stereocenters. The third kappa shape index (κ3) is 4.97. The van der Waals surface area contributed by atoms with Crippen LogP contribution in [0.15, 0.2) is 53.4 Å². The number of piperidine rings is 1. The largest absolute Gasteiger partial charge is 0.372 e. The van der Waals surface area contributed by atoms with Crippen molar-refractivity contribution in [3.8, 4) is 0 Å². The molecular weight excluding hydrogens is 386 g/mol. The summed E-state index contributed by atoms with van der Waals surface area (Å²) in [5.41, 5.74) is 2.31. The molecule has 1 heterocycles. The Hall–Kier alpha value is -2.38. The summed E-state index contributed by atoms with van der Waals surface area (Å²) in [5.74, 6) is 0.527. The molecule has 0 spiro atoms. The van der Waals surface area contributed by atoms with Gasteiger partial charge in [-0.2, -0.15) is 0 Å². The SMILES string of the molecule is CC1CCN(c2ccc(NC(=O)c3ccc(S(=O)(=O)NC4CC4)cc3)cc2)CC1. The van der Waals surface area contributed by atoms with Crippen molar-refractivity contribution in [3.05, 3.63) is 54.1 Å². The van der Waals surface area contributed by atoms with E-state index in [2.05, 4.69) is 21.9 Å². The topological polar surface area (TPSA) is 78.5 Å². The van der Waals surface area contributed by atoms with Crippen molar-refractivity contribution >= 4 is 27.3 Å². The van der Waals surface area contributed by atoms with E-state index in [0.717, 1.165) is 37.5 Å². The summed E-state index contributed by atoms with van der Waals surface area (Å²) in [7, 11) is -3.50. The molecule has 0 bridgehead atoms. The fourth-order valence-electron chi connectivity index (χ4n) is 3.50. The van der Waals surface area contributed by atoms with Crippen LogP contribution < -0.4 is 14.9 Å². The quantitative estimate of drug-likeness (QED) is 0.758. The van der Waals surface area contributed by atoms with Crippen molar-refractivity contribution in [2.75, 3.05) is 23.3 Å². The van der Waals surface area contributed by atoms with Crippen molar-refractivity contribution in [1.29, 1.82) is 0 Å². The maximum atomic E-state index is 12.5. The molecule has 7 heteroatoms.